The molecule has 0 aliphatic carbocycles. The van der Waals surface area contributed by atoms with Crippen LogP contribution in [0.3, 0.4) is 0 Å². The second-order valence-electron chi connectivity index (χ2n) is 2.83. The van der Waals surface area contributed by atoms with Gasteiger partial charge in [0.15, 0.2) is 6.10 Å². The zero-order valence-electron chi connectivity index (χ0n) is 8.73. The highest BCUT2D eigenvalue weighted by Gasteiger charge is 2.21. The number of carbonyl (C=O) groups excluding carboxylic acids is 2. The Kier molecular flexibility index (Phi) is 5.32. The molecule has 0 rings (SSSR count). The van der Waals surface area contributed by atoms with E-state index >= 15 is 0 Å². The number of urea groups is 1. The molecule has 0 aliphatic heterocycles. The van der Waals surface area contributed by atoms with Crippen LogP contribution in [0.4, 0.5) is 4.79 Å². The average Bonchev–Trinajstić information content (AvgIpc) is 2.16. The number of imide groups is 1. The fourth-order valence-electron chi connectivity index (χ4n) is 0.702. The minimum Gasteiger partial charge on any atom is -0.479 e. The summed E-state index contributed by atoms with van der Waals surface area (Å²) in [5, 5.41) is 12.7. The first kappa shape index (κ1) is 13.4. The van der Waals surface area contributed by atoms with Gasteiger partial charge in [0.1, 0.15) is 6.10 Å². The maximum absolute atomic E-state index is 11.2. The lowest BCUT2D eigenvalue weighted by atomic mass is 10.3. The van der Waals surface area contributed by atoms with Crippen LogP contribution in [0.25, 0.3) is 0 Å². The van der Waals surface area contributed by atoms with E-state index in [-0.39, 0.29) is 0 Å². The van der Waals surface area contributed by atoms with Gasteiger partial charge in [0.25, 0.3) is 5.91 Å². The SMILES string of the molecule is CNC(=O)NC(=O)C(C)O[C@H](C)C(=O)O. The van der Waals surface area contributed by atoms with E-state index in [4.69, 9.17) is 9.84 Å². The molecule has 0 aliphatic rings. The number of nitrogens with one attached hydrogen (secondary N) is 2. The third-order valence-corrected chi connectivity index (χ3v) is 1.59. The number of rotatable bonds is 4. The highest BCUT2D eigenvalue weighted by molar-refractivity contribution is 5.96. The van der Waals surface area contributed by atoms with Crippen molar-refractivity contribution in [3.8, 4) is 0 Å². The lowest BCUT2D eigenvalue weighted by molar-refractivity contribution is -0.155. The van der Waals surface area contributed by atoms with E-state index in [2.05, 4.69) is 5.32 Å². The summed E-state index contributed by atoms with van der Waals surface area (Å²) < 4.78 is 4.83. The van der Waals surface area contributed by atoms with Crippen LogP contribution < -0.4 is 10.6 Å². The van der Waals surface area contributed by atoms with Crippen LogP contribution >= 0.6 is 0 Å². The monoisotopic (exact) mass is 218 g/mol. The Bertz CT molecular complexity index is 266. The molecule has 0 saturated carbocycles. The molecule has 0 saturated heterocycles. The van der Waals surface area contributed by atoms with Crippen LogP contribution in [-0.2, 0) is 14.3 Å². The summed E-state index contributed by atoms with van der Waals surface area (Å²) in [5.74, 6) is -1.86. The van der Waals surface area contributed by atoms with Crippen molar-refractivity contribution in [1.29, 1.82) is 0 Å². The minimum absolute atomic E-state index is 0.668. The van der Waals surface area contributed by atoms with Crippen LogP contribution in [-0.4, -0.2) is 42.3 Å². The fraction of sp³-hybridized carbons (Fsp3) is 0.625. The molecule has 0 heterocycles. The molecule has 0 bridgehead atoms. The lowest BCUT2D eigenvalue weighted by Crippen LogP contribution is -2.44. The Labute approximate surface area is 86.8 Å². The van der Waals surface area contributed by atoms with E-state index in [1.807, 2.05) is 5.32 Å². The molecule has 0 aromatic heterocycles. The summed E-state index contributed by atoms with van der Waals surface area (Å²) in [5.41, 5.74) is 0. The van der Waals surface area contributed by atoms with Crippen LogP contribution in [0.2, 0.25) is 0 Å². The van der Waals surface area contributed by atoms with E-state index in [1.165, 1.54) is 20.9 Å². The van der Waals surface area contributed by atoms with Gasteiger partial charge in [0, 0.05) is 7.05 Å². The molecule has 0 fully saturated rings. The summed E-state index contributed by atoms with van der Waals surface area (Å²) >= 11 is 0. The first-order valence-corrected chi connectivity index (χ1v) is 4.29. The molecule has 0 radical (unpaired) electrons. The second kappa shape index (κ2) is 5.97. The first-order valence-electron chi connectivity index (χ1n) is 4.29. The Morgan fingerprint density at radius 1 is 1.20 bits per heavy atom. The summed E-state index contributed by atoms with van der Waals surface area (Å²) in [4.78, 5) is 32.3. The molecule has 7 heteroatoms. The third-order valence-electron chi connectivity index (χ3n) is 1.59. The maximum atomic E-state index is 11.2. The van der Waals surface area contributed by atoms with Gasteiger partial charge >= 0.3 is 12.0 Å². The molecule has 0 aromatic carbocycles. The predicted molar refractivity (Wildman–Crippen MR) is 50.2 cm³/mol. The van der Waals surface area contributed by atoms with E-state index in [9.17, 15) is 14.4 Å². The highest BCUT2D eigenvalue weighted by atomic mass is 16.5. The topological polar surface area (TPSA) is 105 Å². The van der Waals surface area contributed by atoms with Gasteiger partial charge in [0.2, 0.25) is 0 Å². The van der Waals surface area contributed by atoms with E-state index < -0.39 is 30.1 Å². The van der Waals surface area contributed by atoms with E-state index in [0.717, 1.165) is 0 Å². The molecule has 0 spiro atoms. The molecular weight excluding hydrogens is 204 g/mol. The number of ether oxygens (including phenoxy) is 1. The number of carboxylic acids is 1. The van der Waals surface area contributed by atoms with Crippen LogP contribution in [0.1, 0.15) is 13.8 Å². The Morgan fingerprint density at radius 3 is 2.13 bits per heavy atom. The van der Waals surface area contributed by atoms with Gasteiger partial charge in [-0.1, -0.05) is 0 Å². The number of amides is 3. The average molecular weight is 218 g/mol. The zero-order valence-corrected chi connectivity index (χ0v) is 8.73. The fourth-order valence-corrected chi connectivity index (χ4v) is 0.702. The number of hydrogen-bond acceptors (Lipinski definition) is 4. The molecule has 0 aromatic rings. The standard InChI is InChI=1S/C8H14N2O5/c1-4(15-5(2)7(12)13)6(11)10-8(14)9-3/h4-5H,1-3H3,(H,12,13)(H2,9,10,11,14)/t4?,5-/m1/s1. The number of carbonyl (C=O) groups is 3. The number of hydrogen-bond donors (Lipinski definition) is 3. The quantitative estimate of drug-likeness (QED) is 0.580. The van der Waals surface area contributed by atoms with Crippen molar-refractivity contribution in [3.05, 3.63) is 0 Å². The van der Waals surface area contributed by atoms with Crippen LogP contribution in [0.5, 0.6) is 0 Å². The Morgan fingerprint density at radius 2 is 1.73 bits per heavy atom. The Hall–Kier alpha value is -1.63. The Balaban J connectivity index is 4.10. The predicted octanol–water partition coefficient (Wildman–Crippen LogP) is -0.680. The van der Waals surface area contributed by atoms with Crippen LogP contribution in [0, 0.1) is 0 Å². The highest BCUT2D eigenvalue weighted by Crippen LogP contribution is 1.98. The smallest absolute Gasteiger partial charge is 0.332 e. The maximum Gasteiger partial charge on any atom is 0.332 e. The van der Waals surface area contributed by atoms with Gasteiger partial charge in [-0.3, -0.25) is 10.1 Å². The number of aliphatic carboxylic acids is 1. The second-order valence-corrected chi connectivity index (χ2v) is 2.83. The molecular formula is C8H14N2O5. The van der Waals surface area contributed by atoms with Crippen molar-refractivity contribution in [2.75, 3.05) is 7.05 Å². The third kappa shape index (κ3) is 4.96. The van der Waals surface area contributed by atoms with Gasteiger partial charge in [-0.05, 0) is 13.8 Å². The summed E-state index contributed by atoms with van der Waals surface area (Å²) in [6.45, 7) is 2.66. The van der Waals surface area contributed by atoms with Gasteiger partial charge in [0.05, 0.1) is 0 Å². The molecule has 3 N–H and O–H groups in total. The van der Waals surface area contributed by atoms with Gasteiger partial charge in [-0.25, -0.2) is 9.59 Å². The van der Waals surface area contributed by atoms with Crippen molar-refractivity contribution < 1.29 is 24.2 Å². The van der Waals surface area contributed by atoms with Crippen molar-refractivity contribution >= 4 is 17.9 Å². The summed E-state index contributed by atoms with van der Waals surface area (Å²) in [7, 11) is 1.36. The van der Waals surface area contributed by atoms with Crippen molar-refractivity contribution in [2.24, 2.45) is 0 Å². The van der Waals surface area contributed by atoms with Gasteiger partial charge in [-0.15, -0.1) is 0 Å². The first-order chi connectivity index (χ1) is 6.88. The van der Waals surface area contributed by atoms with Crippen molar-refractivity contribution in [2.45, 2.75) is 26.1 Å². The van der Waals surface area contributed by atoms with Crippen molar-refractivity contribution in [3.63, 3.8) is 0 Å². The molecule has 3 amide bonds. The largest absolute Gasteiger partial charge is 0.479 e. The lowest BCUT2D eigenvalue weighted by Gasteiger charge is -2.15. The van der Waals surface area contributed by atoms with E-state index in [1.54, 1.807) is 0 Å². The molecule has 86 valence electrons. The van der Waals surface area contributed by atoms with Crippen molar-refractivity contribution in [1.82, 2.24) is 10.6 Å². The molecule has 7 nitrogen and oxygen atoms in total. The zero-order chi connectivity index (χ0) is 12.0. The number of carboxylic acid groups (broad SMARTS) is 1. The summed E-state index contributed by atoms with van der Waals surface area (Å²) in [6, 6.07) is -0.668. The van der Waals surface area contributed by atoms with Crippen LogP contribution in [0.15, 0.2) is 0 Å². The molecule has 2 atom stereocenters. The molecule has 1 unspecified atom stereocenters. The minimum atomic E-state index is -1.17. The summed E-state index contributed by atoms with van der Waals surface area (Å²) in [6.07, 6.45) is -2.11. The van der Waals surface area contributed by atoms with Gasteiger partial charge < -0.3 is 15.2 Å². The van der Waals surface area contributed by atoms with E-state index in [0.29, 0.717) is 0 Å². The normalized spacial score (nSPS) is 13.8. The van der Waals surface area contributed by atoms with Gasteiger partial charge in [-0.2, -0.15) is 0 Å². The molecule has 15 heavy (non-hydrogen) atoms.